The third-order valence-corrected chi connectivity index (χ3v) is 4.70. The molecular weight excluding hydrogens is 288 g/mol. The van der Waals surface area contributed by atoms with E-state index in [1.807, 2.05) is 12.3 Å². The molecule has 0 amide bonds. The van der Waals surface area contributed by atoms with Gasteiger partial charge in [-0.3, -0.25) is 10.00 Å². The number of nitrogens with zero attached hydrogens (tertiary/aromatic N) is 2. The molecule has 1 aliphatic carbocycles. The number of benzene rings is 1. The number of hydrogen-bond donors (Lipinski definition) is 2. The molecule has 1 aliphatic heterocycles. The van der Waals surface area contributed by atoms with Crippen molar-refractivity contribution in [1.82, 2.24) is 20.4 Å². The van der Waals surface area contributed by atoms with E-state index < -0.39 is 0 Å². The topological polar surface area (TPSA) is 53.2 Å². The van der Waals surface area contributed by atoms with Crippen molar-refractivity contribution in [3.05, 3.63) is 42.1 Å². The summed E-state index contributed by atoms with van der Waals surface area (Å²) < 4.78 is 5.89. The zero-order valence-corrected chi connectivity index (χ0v) is 13.4. The van der Waals surface area contributed by atoms with Crippen LogP contribution < -0.4 is 5.32 Å². The minimum absolute atomic E-state index is 0.302. The van der Waals surface area contributed by atoms with Gasteiger partial charge in [-0.05, 0) is 18.4 Å². The highest BCUT2D eigenvalue weighted by atomic mass is 16.5. The summed E-state index contributed by atoms with van der Waals surface area (Å²) in [5.74, 6) is 0. The molecule has 1 aromatic carbocycles. The predicted molar refractivity (Wildman–Crippen MR) is 90.1 cm³/mol. The minimum atomic E-state index is 0.302. The van der Waals surface area contributed by atoms with Gasteiger partial charge in [-0.15, -0.1) is 0 Å². The number of H-pyrrole nitrogens is 1. The zero-order chi connectivity index (χ0) is 15.5. The fraction of sp³-hybridized carbons (Fsp3) is 0.500. The maximum absolute atomic E-state index is 5.89. The van der Waals surface area contributed by atoms with E-state index in [4.69, 9.17) is 4.74 Å². The van der Waals surface area contributed by atoms with Gasteiger partial charge in [0.25, 0.3) is 0 Å². The first-order valence-corrected chi connectivity index (χ1v) is 8.54. The van der Waals surface area contributed by atoms with Crippen LogP contribution >= 0.6 is 0 Å². The van der Waals surface area contributed by atoms with Gasteiger partial charge in [0, 0.05) is 37.8 Å². The second-order valence-electron chi connectivity index (χ2n) is 6.49. The van der Waals surface area contributed by atoms with E-state index in [1.165, 1.54) is 24.0 Å². The van der Waals surface area contributed by atoms with Gasteiger partial charge in [-0.25, -0.2) is 0 Å². The molecule has 5 nitrogen and oxygen atoms in total. The number of rotatable bonds is 6. The lowest BCUT2D eigenvalue weighted by molar-refractivity contribution is -0.0301. The van der Waals surface area contributed by atoms with E-state index in [2.05, 4.69) is 44.7 Å². The minimum Gasteiger partial charge on any atom is -0.374 e. The summed E-state index contributed by atoms with van der Waals surface area (Å²) in [6.07, 6.45) is 4.95. The van der Waals surface area contributed by atoms with Crippen molar-refractivity contribution in [3.63, 3.8) is 0 Å². The molecule has 2 aliphatic rings. The van der Waals surface area contributed by atoms with E-state index in [9.17, 15) is 0 Å². The van der Waals surface area contributed by atoms with E-state index in [-0.39, 0.29) is 0 Å². The van der Waals surface area contributed by atoms with E-state index in [0.29, 0.717) is 6.10 Å². The van der Waals surface area contributed by atoms with Crippen molar-refractivity contribution in [2.24, 2.45) is 0 Å². The van der Waals surface area contributed by atoms with Crippen LogP contribution in [0.5, 0.6) is 0 Å². The van der Waals surface area contributed by atoms with E-state index in [1.54, 1.807) is 0 Å². The monoisotopic (exact) mass is 312 g/mol. The Hall–Kier alpha value is -1.69. The molecular formula is C18H24N4O. The summed E-state index contributed by atoms with van der Waals surface area (Å²) in [7, 11) is 0. The fourth-order valence-electron chi connectivity index (χ4n) is 3.30. The van der Waals surface area contributed by atoms with Crippen LogP contribution in [-0.4, -0.2) is 53.5 Å². The Morgan fingerprint density at radius 3 is 2.96 bits per heavy atom. The lowest BCUT2D eigenvalue weighted by Crippen LogP contribution is -2.47. The molecule has 5 heteroatoms. The van der Waals surface area contributed by atoms with Crippen molar-refractivity contribution >= 4 is 0 Å². The average molecular weight is 312 g/mol. The highest BCUT2D eigenvalue weighted by Crippen LogP contribution is 2.28. The largest absolute Gasteiger partial charge is 0.374 e. The zero-order valence-electron chi connectivity index (χ0n) is 13.4. The van der Waals surface area contributed by atoms with E-state index in [0.717, 1.165) is 44.5 Å². The Balaban J connectivity index is 1.31. The van der Waals surface area contributed by atoms with Gasteiger partial charge >= 0.3 is 0 Å². The number of morpholine rings is 1. The van der Waals surface area contributed by atoms with Crippen LogP contribution in [0.15, 0.2) is 36.5 Å². The molecule has 2 fully saturated rings. The Morgan fingerprint density at radius 2 is 2.13 bits per heavy atom. The van der Waals surface area contributed by atoms with Crippen LogP contribution in [0.1, 0.15) is 18.4 Å². The van der Waals surface area contributed by atoms with Gasteiger partial charge in [0.15, 0.2) is 0 Å². The van der Waals surface area contributed by atoms with Crippen LogP contribution in [0, 0.1) is 0 Å². The fourth-order valence-corrected chi connectivity index (χ4v) is 3.30. The van der Waals surface area contributed by atoms with Crippen molar-refractivity contribution in [2.45, 2.75) is 31.5 Å². The molecule has 0 bridgehead atoms. The molecule has 122 valence electrons. The molecule has 23 heavy (non-hydrogen) atoms. The van der Waals surface area contributed by atoms with Crippen molar-refractivity contribution in [1.29, 1.82) is 0 Å². The van der Waals surface area contributed by atoms with Crippen LogP contribution in [0.4, 0.5) is 0 Å². The summed E-state index contributed by atoms with van der Waals surface area (Å²) in [6, 6.07) is 11.2. The molecule has 1 saturated carbocycles. The highest BCUT2D eigenvalue weighted by Gasteiger charge is 2.32. The highest BCUT2D eigenvalue weighted by molar-refractivity contribution is 5.62. The van der Waals surface area contributed by atoms with Crippen molar-refractivity contribution < 1.29 is 4.74 Å². The number of nitrogens with one attached hydrogen (secondary N) is 2. The van der Waals surface area contributed by atoms with Crippen molar-refractivity contribution in [3.8, 4) is 11.3 Å². The first kappa shape index (κ1) is 14.9. The maximum Gasteiger partial charge on any atom is 0.0826 e. The Kier molecular flexibility index (Phi) is 4.41. The molecule has 2 aromatic rings. The van der Waals surface area contributed by atoms with Gasteiger partial charge in [0.05, 0.1) is 24.6 Å². The van der Waals surface area contributed by atoms with Crippen LogP contribution in [-0.2, 0) is 11.3 Å². The summed E-state index contributed by atoms with van der Waals surface area (Å²) in [5, 5.41) is 10.9. The van der Waals surface area contributed by atoms with Gasteiger partial charge in [-0.1, -0.05) is 30.3 Å². The normalized spacial score (nSPS) is 22.3. The van der Waals surface area contributed by atoms with Gasteiger partial charge in [0.2, 0.25) is 0 Å². The smallest absolute Gasteiger partial charge is 0.0826 e. The first-order chi connectivity index (χ1) is 11.4. The van der Waals surface area contributed by atoms with E-state index >= 15 is 0 Å². The Bertz CT molecular complexity index is 623. The SMILES string of the molecule is c1ccc(-c2[nH]ncc2CNCC2CN(C3CC3)CCO2)cc1. The standard InChI is InChI=1S/C18H24N4O/c1-2-4-14(5-3-1)18-15(11-20-21-18)10-19-12-17-13-22(8-9-23-17)16-6-7-16/h1-5,11,16-17,19H,6-10,12-13H2,(H,20,21). The number of hydrogen-bond acceptors (Lipinski definition) is 4. The number of ether oxygens (including phenoxy) is 1. The molecule has 1 aromatic heterocycles. The van der Waals surface area contributed by atoms with Gasteiger partial charge in [0.1, 0.15) is 0 Å². The lowest BCUT2D eigenvalue weighted by Gasteiger charge is -2.33. The Morgan fingerprint density at radius 1 is 1.26 bits per heavy atom. The second-order valence-corrected chi connectivity index (χ2v) is 6.49. The molecule has 2 N–H and O–H groups in total. The average Bonchev–Trinajstić information content (AvgIpc) is 3.35. The molecule has 0 radical (unpaired) electrons. The molecule has 4 rings (SSSR count). The van der Waals surface area contributed by atoms with Crippen LogP contribution in [0.3, 0.4) is 0 Å². The second kappa shape index (κ2) is 6.83. The Labute approximate surface area is 137 Å². The van der Waals surface area contributed by atoms with Crippen LogP contribution in [0.25, 0.3) is 11.3 Å². The maximum atomic E-state index is 5.89. The first-order valence-electron chi connectivity index (χ1n) is 8.54. The summed E-state index contributed by atoms with van der Waals surface area (Å²) in [5.41, 5.74) is 3.48. The van der Waals surface area contributed by atoms with Crippen molar-refractivity contribution in [2.75, 3.05) is 26.2 Å². The third-order valence-electron chi connectivity index (χ3n) is 4.70. The molecule has 2 heterocycles. The third kappa shape index (κ3) is 3.63. The summed E-state index contributed by atoms with van der Waals surface area (Å²) in [6.45, 7) is 4.73. The van der Waals surface area contributed by atoms with Crippen LogP contribution in [0.2, 0.25) is 0 Å². The molecule has 1 saturated heterocycles. The quantitative estimate of drug-likeness (QED) is 0.857. The molecule has 1 atom stereocenters. The van der Waals surface area contributed by atoms with Gasteiger partial charge < -0.3 is 10.1 Å². The predicted octanol–water partition coefficient (Wildman–Crippen LogP) is 2.03. The number of aromatic nitrogens is 2. The molecule has 0 spiro atoms. The lowest BCUT2D eigenvalue weighted by atomic mass is 10.1. The number of aromatic amines is 1. The summed E-state index contributed by atoms with van der Waals surface area (Å²) in [4.78, 5) is 2.59. The van der Waals surface area contributed by atoms with Gasteiger partial charge in [-0.2, -0.15) is 5.10 Å². The summed E-state index contributed by atoms with van der Waals surface area (Å²) >= 11 is 0. The molecule has 1 unspecified atom stereocenters.